The number of amides is 1. The van der Waals surface area contributed by atoms with Crippen LogP contribution in [0.4, 0.5) is 0 Å². The summed E-state index contributed by atoms with van der Waals surface area (Å²) in [5.74, 6) is 0.417. The van der Waals surface area contributed by atoms with Crippen LogP contribution in [0.3, 0.4) is 0 Å². The van der Waals surface area contributed by atoms with E-state index in [1.165, 1.54) is 0 Å². The molecule has 3 saturated heterocycles. The summed E-state index contributed by atoms with van der Waals surface area (Å²) in [6.45, 7) is 1.43. The predicted octanol–water partition coefficient (Wildman–Crippen LogP) is 1.10. The molecule has 30 heavy (non-hydrogen) atoms. The fourth-order valence-corrected chi connectivity index (χ4v) is 4.20. The molecule has 2 aromatic rings. The average Bonchev–Trinajstić information content (AvgIpc) is 3.49. The van der Waals surface area contributed by atoms with Gasteiger partial charge in [0.15, 0.2) is 5.82 Å². The molecule has 0 spiro atoms. The number of rotatable bonds is 4. The normalized spacial score (nSPS) is 29.2. The van der Waals surface area contributed by atoms with Gasteiger partial charge in [0, 0.05) is 17.5 Å². The maximum absolute atomic E-state index is 12.8. The molecule has 3 aliphatic heterocycles. The Morgan fingerprint density at radius 2 is 2.13 bits per heavy atom. The van der Waals surface area contributed by atoms with Crippen LogP contribution in [0.15, 0.2) is 28.8 Å². The number of hydrogen-bond acceptors (Lipinski definition) is 9. The summed E-state index contributed by atoms with van der Waals surface area (Å²) >= 11 is 5.95. The van der Waals surface area contributed by atoms with Gasteiger partial charge in [-0.05, 0) is 24.1 Å². The molecule has 3 fully saturated rings. The molecule has 0 bridgehead atoms. The van der Waals surface area contributed by atoms with Gasteiger partial charge in [-0.15, -0.1) is 0 Å². The van der Waals surface area contributed by atoms with Gasteiger partial charge in [-0.1, -0.05) is 28.9 Å². The first-order valence-electron chi connectivity index (χ1n) is 9.76. The number of hydrazine groups is 2. The maximum Gasteiger partial charge on any atom is 0.246 e. The van der Waals surface area contributed by atoms with Crippen molar-refractivity contribution in [3.63, 3.8) is 0 Å². The highest BCUT2D eigenvalue weighted by Gasteiger charge is 2.45. The Bertz CT molecular complexity index is 975. The number of carbonyl (C=O) groups excluding carboxylic acids is 1. The topological polar surface area (TPSA) is 120 Å². The maximum atomic E-state index is 12.8. The SMILES string of the molecule is N#CC1CNN2NCN(Cc3nc([C@@H]4CO[C@@H](c5ccc(Cl)cc5)C4)no3)C(=O)C12. The van der Waals surface area contributed by atoms with Crippen molar-refractivity contribution in [1.29, 1.82) is 5.26 Å². The molecular weight excluding hydrogens is 410 g/mol. The van der Waals surface area contributed by atoms with Crippen molar-refractivity contribution in [3.05, 3.63) is 46.6 Å². The number of nitriles is 1. The van der Waals surface area contributed by atoms with Crippen molar-refractivity contribution >= 4 is 17.5 Å². The van der Waals surface area contributed by atoms with E-state index < -0.39 is 12.0 Å². The first-order valence-corrected chi connectivity index (χ1v) is 10.1. The van der Waals surface area contributed by atoms with Crippen LogP contribution in [0.1, 0.15) is 35.7 Å². The van der Waals surface area contributed by atoms with Crippen molar-refractivity contribution in [2.75, 3.05) is 19.8 Å². The number of fused-ring (bicyclic) bond motifs is 1. The number of nitrogens with one attached hydrogen (secondary N) is 2. The van der Waals surface area contributed by atoms with Gasteiger partial charge in [-0.2, -0.15) is 15.4 Å². The van der Waals surface area contributed by atoms with Gasteiger partial charge < -0.3 is 14.2 Å². The molecule has 0 saturated carbocycles. The minimum absolute atomic E-state index is 0.0239. The Balaban J connectivity index is 1.23. The molecule has 1 aromatic heterocycles. The Morgan fingerprint density at radius 3 is 2.93 bits per heavy atom. The second-order valence-corrected chi connectivity index (χ2v) is 8.05. The smallest absolute Gasteiger partial charge is 0.246 e. The van der Waals surface area contributed by atoms with Crippen LogP contribution in [0.2, 0.25) is 5.02 Å². The van der Waals surface area contributed by atoms with Gasteiger partial charge in [0.2, 0.25) is 11.8 Å². The van der Waals surface area contributed by atoms with E-state index in [4.69, 9.17) is 20.9 Å². The van der Waals surface area contributed by atoms with E-state index in [1.54, 1.807) is 10.0 Å². The second kappa shape index (κ2) is 7.94. The molecule has 0 radical (unpaired) electrons. The number of benzene rings is 1. The van der Waals surface area contributed by atoms with Crippen molar-refractivity contribution in [1.82, 2.24) is 31.0 Å². The summed E-state index contributed by atoms with van der Waals surface area (Å²) in [6.07, 6.45) is 0.711. The molecule has 5 rings (SSSR count). The summed E-state index contributed by atoms with van der Waals surface area (Å²) in [5.41, 5.74) is 7.18. The lowest BCUT2D eigenvalue weighted by Crippen LogP contribution is -2.63. The third-order valence-corrected chi connectivity index (χ3v) is 5.97. The van der Waals surface area contributed by atoms with E-state index in [-0.39, 0.29) is 24.5 Å². The number of nitrogens with zero attached hydrogens (tertiary/aromatic N) is 5. The zero-order chi connectivity index (χ0) is 20.7. The predicted molar refractivity (Wildman–Crippen MR) is 103 cm³/mol. The Labute approximate surface area is 177 Å². The minimum Gasteiger partial charge on any atom is -0.373 e. The molecule has 2 unspecified atom stereocenters. The Kier molecular flexibility index (Phi) is 5.14. The lowest BCUT2D eigenvalue weighted by molar-refractivity contribution is -0.148. The van der Waals surface area contributed by atoms with Crippen molar-refractivity contribution in [2.45, 2.75) is 31.0 Å². The minimum atomic E-state index is -0.561. The molecule has 11 heteroatoms. The third kappa shape index (κ3) is 3.55. The molecule has 1 aromatic carbocycles. The summed E-state index contributed by atoms with van der Waals surface area (Å²) in [5, 5.41) is 15.7. The lowest BCUT2D eigenvalue weighted by Gasteiger charge is -2.36. The molecule has 3 aliphatic rings. The number of halogens is 1. The summed E-state index contributed by atoms with van der Waals surface area (Å²) in [4.78, 5) is 18.9. The lowest BCUT2D eigenvalue weighted by atomic mass is 10.0. The van der Waals surface area contributed by atoms with Gasteiger partial charge in [0.05, 0.1) is 31.4 Å². The molecule has 10 nitrogen and oxygen atoms in total. The van der Waals surface area contributed by atoms with Crippen molar-refractivity contribution in [3.8, 4) is 6.07 Å². The van der Waals surface area contributed by atoms with Crippen LogP contribution in [-0.4, -0.2) is 51.9 Å². The fraction of sp³-hybridized carbons (Fsp3) is 0.474. The molecule has 2 N–H and O–H groups in total. The number of aromatic nitrogens is 2. The van der Waals surface area contributed by atoms with Crippen LogP contribution >= 0.6 is 11.6 Å². The van der Waals surface area contributed by atoms with Gasteiger partial charge in [0.1, 0.15) is 12.6 Å². The van der Waals surface area contributed by atoms with Gasteiger partial charge in [0.25, 0.3) is 0 Å². The first kappa shape index (κ1) is 19.4. The molecular formula is C19H20ClN7O3. The van der Waals surface area contributed by atoms with E-state index in [1.807, 2.05) is 24.3 Å². The Morgan fingerprint density at radius 1 is 1.30 bits per heavy atom. The van der Waals surface area contributed by atoms with Crippen LogP contribution in [0.25, 0.3) is 0 Å². The molecule has 156 valence electrons. The second-order valence-electron chi connectivity index (χ2n) is 7.62. The largest absolute Gasteiger partial charge is 0.373 e. The van der Waals surface area contributed by atoms with Crippen LogP contribution in [0.5, 0.6) is 0 Å². The number of carbonyl (C=O) groups is 1. The van der Waals surface area contributed by atoms with Crippen LogP contribution in [0, 0.1) is 17.2 Å². The summed E-state index contributed by atoms with van der Waals surface area (Å²) in [6, 6.07) is 9.23. The van der Waals surface area contributed by atoms with E-state index in [9.17, 15) is 10.1 Å². The summed E-state index contributed by atoms with van der Waals surface area (Å²) < 4.78 is 11.3. The number of hydrogen-bond donors (Lipinski definition) is 2. The van der Waals surface area contributed by atoms with Gasteiger partial charge in [-0.3, -0.25) is 4.79 Å². The fourth-order valence-electron chi connectivity index (χ4n) is 4.08. The van der Waals surface area contributed by atoms with Crippen LogP contribution < -0.4 is 10.9 Å². The standard InChI is InChI=1S/C19H20ClN7O3/c20-14-3-1-11(2-4-14)15-5-12(9-29-15)18-24-16(30-25-18)8-26-10-23-27-17(19(26)28)13(6-21)7-22-27/h1-4,12-13,15,17,22-23H,5,7-10H2/t12-,13?,15+,17?/m0/s1. The molecule has 1 amide bonds. The molecule has 4 heterocycles. The van der Waals surface area contributed by atoms with E-state index in [0.717, 1.165) is 12.0 Å². The summed E-state index contributed by atoms with van der Waals surface area (Å²) in [7, 11) is 0. The van der Waals surface area contributed by atoms with Crippen LogP contribution in [-0.2, 0) is 16.1 Å². The van der Waals surface area contributed by atoms with E-state index in [0.29, 0.717) is 36.6 Å². The van der Waals surface area contributed by atoms with Gasteiger partial charge >= 0.3 is 0 Å². The molecule has 0 aliphatic carbocycles. The van der Waals surface area contributed by atoms with Crippen molar-refractivity contribution < 1.29 is 14.1 Å². The monoisotopic (exact) mass is 429 g/mol. The van der Waals surface area contributed by atoms with Gasteiger partial charge in [-0.25, -0.2) is 10.9 Å². The third-order valence-electron chi connectivity index (χ3n) is 5.72. The van der Waals surface area contributed by atoms with Crippen molar-refractivity contribution in [2.24, 2.45) is 5.92 Å². The quantitative estimate of drug-likeness (QED) is 0.736. The Hall–Kier alpha value is -2.55. The first-order chi connectivity index (χ1) is 14.6. The number of ether oxygens (including phenoxy) is 1. The molecule has 4 atom stereocenters. The average molecular weight is 430 g/mol. The zero-order valence-electron chi connectivity index (χ0n) is 16.0. The zero-order valence-corrected chi connectivity index (χ0v) is 16.7. The highest BCUT2D eigenvalue weighted by atomic mass is 35.5. The highest BCUT2D eigenvalue weighted by Crippen LogP contribution is 2.37. The highest BCUT2D eigenvalue weighted by molar-refractivity contribution is 6.30. The van der Waals surface area contributed by atoms with E-state index in [2.05, 4.69) is 27.1 Å². The van der Waals surface area contributed by atoms with E-state index >= 15 is 0 Å².